The van der Waals surface area contributed by atoms with E-state index in [9.17, 15) is 9.59 Å². The van der Waals surface area contributed by atoms with Crippen LogP contribution in [0.25, 0.3) is 11.0 Å². The summed E-state index contributed by atoms with van der Waals surface area (Å²) in [6.45, 7) is 3.40. The van der Waals surface area contributed by atoms with E-state index in [1.165, 1.54) is 0 Å². The normalized spacial score (nSPS) is 11.9. The molecule has 2 rings (SSSR count). The first-order chi connectivity index (χ1) is 9.63. The van der Waals surface area contributed by atoms with E-state index in [0.29, 0.717) is 19.6 Å². The Bertz CT molecular complexity index is 650. The second-order valence-electron chi connectivity index (χ2n) is 4.85. The number of para-hydroxylation sites is 2. The van der Waals surface area contributed by atoms with Crippen LogP contribution in [0.2, 0.25) is 0 Å². The van der Waals surface area contributed by atoms with Crippen LogP contribution >= 0.6 is 12.4 Å². The lowest BCUT2D eigenvalue weighted by atomic mass is 10.1. The number of H-pyrrole nitrogens is 1. The number of rotatable bonds is 6. The number of carbonyl (C=O) groups excluding carboxylic acids is 1. The van der Waals surface area contributed by atoms with Crippen molar-refractivity contribution in [3.63, 3.8) is 0 Å². The zero-order valence-electron chi connectivity index (χ0n) is 12.2. The first kappa shape index (κ1) is 17.3. The SMILES string of the molecule is CNCC(C)C(=O)NCCn1c(=O)[nH]c2ccccc21.Cl. The quantitative estimate of drug-likeness (QED) is 0.735. The highest BCUT2D eigenvalue weighted by Crippen LogP contribution is 2.08. The number of hydrogen-bond acceptors (Lipinski definition) is 3. The van der Waals surface area contributed by atoms with E-state index >= 15 is 0 Å². The van der Waals surface area contributed by atoms with Crippen LogP contribution in [-0.2, 0) is 11.3 Å². The maximum absolute atomic E-state index is 11.8. The van der Waals surface area contributed by atoms with Crippen molar-refractivity contribution in [1.29, 1.82) is 0 Å². The highest BCUT2D eigenvalue weighted by Gasteiger charge is 2.11. The average molecular weight is 313 g/mol. The van der Waals surface area contributed by atoms with Gasteiger partial charge in [0.05, 0.1) is 11.0 Å². The van der Waals surface area contributed by atoms with Crippen LogP contribution in [0, 0.1) is 5.92 Å². The second kappa shape index (κ2) is 7.85. The fourth-order valence-corrected chi connectivity index (χ4v) is 2.19. The maximum atomic E-state index is 11.8. The third-order valence-corrected chi connectivity index (χ3v) is 3.27. The van der Waals surface area contributed by atoms with Gasteiger partial charge < -0.3 is 15.6 Å². The largest absolute Gasteiger partial charge is 0.354 e. The summed E-state index contributed by atoms with van der Waals surface area (Å²) < 4.78 is 1.64. The molecule has 0 spiro atoms. The third kappa shape index (κ3) is 4.09. The molecule has 116 valence electrons. The maximum Gasteiger partial charge on any atom is 0.326 e. The number of imidazole rings is 1. The van der Waals surface area contributed by atoms with E-state index in [2.05, 4.69) is 15.6 Å². The van der Waals surface area contributed by atoms with Crippen LogP contribution in [0.5, 0.6) is 0 Å². The molecule has 3 N–H and O–H groups in total. The van der Waals surface area contributed by atoms with Gasteiger partial charge in [0, 0.05) is 25.6 Å². The number of aromatic nitrogens is 2. The van der Waals surface area contributed by atoms with Crippen molar-refractivity contribution >= 4 is 29.3 Å². The first-order valence-electron chi connectivity index (χ1n) is 6.73. The number of nitrogens with zero attached hydrogens (tertiary/aromatic N) is 1. The molecular weight excluding hydrogens is 292 g/mol. The van der Waals surface area contributed by atoms with Crippen LogP contribution in [0.3, 0.4) is 0 Å². The fourth-order valence-electron chi connectivity index (χ4n) is 2.19. The lowest BCUT2D eigenvalue weighted by Gasteiger charge is -2.11. The van der Waals surface area contributed by atoms with Crippen LogP contribution in [-0.4, -0.2) is 35.6 Å². The summed E-state index contributed by atoms with van der Waals surface area (Å²) in [7, 11) is 1.81. The van der Waals surface area contributed by atoms with Crippen molar-refractivity contribution in [3.05, 3.63) is 34.7 Å². The molecule has 0 saturated heterocycles. The molecule has 1 unspecified atom stereocenters. The van der Waals surface area contributed by atoms with Crippen molar-refractivity contribution in [2.75, 3.05) is 20.1 Å². The zero-order valence-corrected chi connectivity index (χ0v) is 13.0. The van der Waals surface area contributed by atoms with Gasteiger partial charge in [0.1, 0.15) is 0 Å². The number of carbonyl (C=O) groups is 1. The highest BCUT2D eigenvalue weighted by atomic mass is 35.5. The van der Waals surface area contributed by atoms with E-state index < -0.39 is 0 Å². The predicted octanol–water partition coefficient (Wildman–Crippen LogP) is 0.723. The Morgan fingerprint density at radius 2 is 2.10 bits per heavy atom. The summed E-state index contributed by atoms with van der Waals surface area (Å²) in [4.78, 5) is 26.4. The number of hydrogen-bond donors (Lipinski definition) is 3. The van der Waals surface area contributed by atoms with Crippen LogP contribution in [0.4, 0.5) is 0 Å². The van der Waals surface area contributed by atoms with Crippen molar-refractivity contribution in [3.8, 4) is 0 Å². The van der Waals surface area contributed by atoms with Gasteiger partial charge in [-0.2, -0.15) is 0 Å². The summed E-state index contributed by atoms with van der Waals surface area (Å²) in [5, 5.41) is 5.81. The molecule has 21 heavy (non-hydrogen) atoms. The third-order valence-electron chi connectivity index (χ3n) is 3.27. The van der Waals surface area contributed by atoms with Gasteiger partial charge in [0.2, 0.25) is 5.91 Å². The van der Waals surface area contributed by atoms with E-state index in [1.807, 2.05) is 38.2 Å². The molecule has 0 aliphatic carbocycles. The van der Waals surface area contributed by atoms with Gasteiger partial charge in [0.25, 0.3) is 0 Å². The molecule has 0 bridgehead atoms. The summed E-state index contributed by atoms with van der Waals surface area (Å²) >= 11 is 0. The molecule has 0 aliphatic rings. The van der Waals surface area contributed by atoms with Crippen molar-refractivity contribution in [2.24, 2.45) is 5.92 Å². The van der Waals surface area contributed by atoms with Crippen LogP contribution in [0.1, 0.15) is 6.92 Å². The molecule has 7 heteroatoms. The number of nitrogens with one attached hydrogen (secondary N) is 3. The minimum atomic E-state index is -0.149. The summed E-state index contributed by atoms with van der Waals surface area (Å²) in [6, 6.07) is 7.52. The second-order valence-corrected chi connectivity index (χ2v) is 4.85. The molecule has 6 nitrogen and oxygen atoms in total. The minimum Gasteiger partial charge on any atom is -0.354 e. The Balaban J connectivity index is 0.00000220. The monoisotopic (exact) mass is 312 g/mol. The minimum absolute atomic E-state index is 0. The van der Waals surface area contributed by atoms with Gasteiger partial charge >= 0.3 is 5.69 Å². The number of halogens is 1. The number of amides is 1. The topological polar surface area (TPSA) is 78.9 Å². The van der Waals surface area contributed by atoms with Gasteiger partial charge in [-0.1, -0.05) is 19.1 Å². The van der Waals surface area contributed by atoms with Crippen LogP contribution < -0.4 is 16.3 Å². The summed E-state index contributed by atoms with van der Waals surface area (Å²) in [5.41, 5.74) is 1.52. The van der Waals surface area contributed by atoms with Gasteiger partial charge in [-0.05, 0) is 19.2 Å². The van der Waals surface area contributed by atoms with E-state index in [0.717, 1.165) is 11.0 Å². The Morgan fingerprint density at radius 3 is 2.81 bits per heavy atom. The van der Waals surface area contributed by atoms with E-state index in [4.69, 9.17) is 0 Å². The molecule has 1 aromatic heterocycles. The Hall–Kier alpha value is -1.79. The van der Waals surface area contributed by atoms with Gasteiger partial charge in [0.15, 0.2) is 0 Å². The molecule has 2 aromatic rings. The predicted molar refractivity (Wildman–Crippen MR) is 85.9 cm³/mol. The molecule has 0 saturated carbocycles. The van der Waals surface area contributed by atoms with Crippen molar-refractivity contribution < 1.29 is 4.79 Å². The number of benzene rings is 1. The number of aromatic amines is 1. The standard InChI is InChI=1S/C14H20N4O2.ClH/c1-10(9-15-2)13(19)16-7-8-18-12-6-4-3-5-11(12)17-14(18)20;/h3-6,10,15H,7-9H2,1-2H3,(H,16,19)(H,17,20);1H. The Kier molecular flexibility index (Phi) is 6.45. The summed E-state index contributed by atoms with van der Waals surface area (Å²) in [5.74, 6) is -0.0908. The Morgan fingerprint density at radius 1 is 1.38 bits per heavy atom. The lowest BCUT2D eigenvalue weighted by Crippen LogP contribution is -2.36. The molecule has 1 heterocycles. The fraction of sp³-hybridized carbons (Fsp3) is 0.429. The smallest absolute Gasteiger partial charge is 0.326 e. The zero-order chi connectivity index (χ0) is 14.5. The molecule has 1 aromatic carbocycles. The van der Waals surface area contributed by atoms with E-state index in [1.54, 1.807) is 4.57 Å². The molecular formula is C14H21ClN4O2. The Labute approximate surface area is 129 Å². The van der Waals surface area contributed by atoms with E-state index in [-0.39, 0.29) is 29.9 Å². The lowest BCUT2D eigenvalue weighted by molar-refractivity contribution is -0.124. The van der Waals surface area contributed by atoms with Gasteiger partial charge in [-0.15, -0.1) is 12.4 Å². The molecule has 0 aliphatic heterocycles. The van der Waals surface area contributed by atoms with Crippen LogP contribution in [0.15, 0.2) is 29.1 Å². The number of fused-ring (bicyclic) bond motifs is 1. The highest BCUT2D eigenvalue weighted by molar-refractivity contribution is 5.85. The molecule has 0 radical (unpaired) electrons. The van der Waals surface area contributed by atoms with Crippen molar-refractivity contribution in [1.82, 2.24) is 20.2 Å². The first-order valence-corrected chi connectivity index (χ1v) is 6.73. The summed E-state index contributed by atoms with van der Waals surface area (Å²) in [6.07, 6.45) is 0. The van der Waals surface area contributed by atoms with Crippen molar-refractivity contribution in [2.45, 2.75) is 13.5 Å². The molecule has 1 amide bonds. The average Bonchev–Trinajstić information content (AvgIpc) is 2.75. The molecule has 1 atom stereocenters. The van der Waals surface area contributed by atoms with Gasteiger partial charge in [-0.25, -0.2) is 4.79 Å². The molecule has 0 fully saturated rings. The van der Waals surface area contributed by atoms with Gasteiger partial charge in [-0.3, -0.25) is 9.36 Å².